The van der Waals surface area contributed by atoms with E-state index in [4.69, 9.17) is 5.11 Å². The van der Waals surface area contributed by atoms with Crippen LogP contribution in [0.5, 0.6) is 0 Å². The third kappa shape index (κ3) is 18.9. The van der Waals surface area contributed by atoms with Gasteiger partial charge in [0.05, 0.1) is 6.42 Å². The summed E-state index contributed by atoms with van der Waals surface area (Å²) in [5.74, 6) is -0.773. The highest BCUT2D eigenvalue weighted by Crippen LogP contribution is 2.11. The van der Waals surface area contributed by atoms with Gasteiger partial charge < -0.3 is 5.11 Å². The van der Waals surface area contributed by atoms with Gasteiger partial charge in [-0.2, -0.15) is 0 Å². The Morgan fingerprint density at radius 2 is 1.24 bits per heavy atom. The summed E-state index contributed by atoms with van der Waals surface area (Å²) in [5.41, 5.74) is 0. The molecule has 0 rings (SSSR count). The number of carboxylic acid groups (broad SMARTS) is 1. The normalized spacial score (nSPS) is 11.7. The van der Waals surface area contributed by atoms with Crippen LogP contribution in [0.15, 0.2) is 24.3 Å². The van der Waals surface area contributed by atoms with Gasteiger partial charge in [0.25, 0.3) is 0 Å². The second-order valence-corrected chi connectivity index (χ2v) is 5.78. The maximum absolute atomic E-state index is 10.3. The minimum Gasteiger partial charge on any atom is -0.481 e. The molecule has 2 heteroatoms. The third-order valence-corrected chi connectivity index (χ3v) is 3.65. The van der Waals surface area contributed by atoms with E-state index in [2.05, 4.69) is 13.0 Å². The first kappa shape index (κ1) is 19.9. The van der Waals surface area contributed by atoms with Crippen LogP contribution in [0, 0.1) is 0 Å². The quantitative estimate of drug-likeness (QED) is 0.285. The Morgan fingerprint density at radius 1 is 0.762 bits per heavy atom. The monoisotopic (exact) mass is 294 g/mol. The molecule has 0 aromatic carbocycles. The van der Waals surface area contributed by atoms with Crippen molar-refractivity contribution in [2.45, 2.75) is 90.4 Å². The van der Waals surface area contributed by atoms with Crippen LogP contribution in [0.4, 0.5) is 0 Å². The fourth-order valence-corrected chi connectivity index (χ4v) is 2.35. The zero-order valence-corrected chi connectivity index (χ0v) is 13.9. The van der Waals surface area contributed by atoms with Crippen molar-refractivity contribution >= 4 is 5.97 Å². The van der Waals surface area contributed by atoms with E-state index in [1.54, 1.807) is 6.08 Å². The van der Waals surface area contributed by atoms with Gasteiger partial charge in [0.1, 0.15) is 0 Å². The van der Waals surface area contributed by atoms with Crippen LogP contribution in [-0.4, -0.2) is 11.1 Å². The predicted molar refractivity (Wildman–Crippen MR) is 91.6 cm³/mol. The molecule has 0 aliphatic rings. The van der Waals surface area contributed by atoms with E-state index >= 15 is 0 Å². The summed E-state index contributed by atoms with van der Waals surface area (Å²) in [5, 5.41) is 8.45. The highest BCUT2D eigenvalue weighted by atomic mass is 16.4. The maximum Gasteiger partial charge on any atom is 0.307 e. The van der Waals surface area contributed by atoms with Crippen molar-refractivity contribution in [2.75, 3.05) is 0 Å². The van der Waals surface area contributed by atoms with Crippen molar-refractivity contribution < 1.29 is 9.90 Å². The summed E-state index contributed by atoms with van der Waals surface area (Å²) in [4.78, 5) is 10.3. The number of hydrogen-bond donors (Lipinski definition) is 1. The molecule has 0 fully saturated rings. The lowest BCUT2D eigenvalue weighted by molar-refractivity contribution is -0.136. The van der Waals surface area contributed by atoms with Crippen molar-refractivity contribution in [1.82, 2.24) is 0 Å². The van der Waals surface area contributed by atoms with Crippen molar-refractivity contribution in [3.8, 4) is 0 Å². The molecule has 0 bridgehead atoms. The number of hydrogen-bond acceptors (Lipinski definition) is 1. The van der Waals surface area contributed by atoms with Crippen LogP contribution in [0.1, 0.15) is 90.4 Å². The first-order valence-corrected chi connectivity index (χ1v) is 8.80. The largest absolute Gasteiger partial charge is 0.481 e. The van der Waals surface area contributed by atoms with Gasteiger partial charge in [-0.3, -0.25) is 4.79 Å². The molecule has 0 unspecified atom stereocenters. The van der Waals surface area contributed by atoms with Gasteiger partial charge in [-0.05, 0) is 12.8 Å². The molecule has 2 nitrogen and oxygen atoms in total. The average Bonchev–Trinajstić information content (AvgIpc) is 2.46. The van der Waals surface area contributed by atoms with Crippen molar-refractivity contribution in [2.24, 2.45) is 0 Å². The molecule has 0 aromatic rings. The number of carbonyl (C=O) groups is 1. The molecule has 0 atom stereocenters. The zero-order valence-electron chi connectivity index (χ0n) is 13.9. The molecule has 0 heterocycles. The molecule has 1 N–H and O–H groups in total. The third-order valence-electron chi connectivity index (χ3n) is 3.65. The number of unbranched alkanes of at least 4 members (excludes halogenated alkanes) is 11. The van der Waals surface area contributed by atoms with Crippen LogP contribution in [0.25, 0.3) is 0 Å². The number of rotatable bonds is 15. The summed E-state index contributed by atoms with van der Waals surface area (Å²) >= 11 is 0. The number of allylic oxidation sites excluding steroid dienone is 3. The highest BCUT2D eigenvalue weighted by Gasteiger charge is 1.92. The Hall–Kier alpha value is -1.05. The maximum atomic E-state index is 10.3. The number of carboxylic acids is 1. The van der Waals surface area contributed by atoms with E-state index in [0.29, 0.717) is 0 Å². The molecule has 0 aliphatic carbocycles. The van der Waals surface area contributed by atoms with E-state index in [9.17, 15) is 4.79 Å². The molecule has 0 saturated carbocycles. The van der Waals surface area contributed by atoms with Gasteiger partial charge in [-0.25, -0.2) is 0 Å². The zero-order chi connectivity index (χ0) is 15.6. The lowest BCUT2D eigenvalue weighted by Gasteiger charge is -2.01. The summed E-state index contributed by atoms with van der Waals surface area (Å²) in [7, 11) is 0. The van der Waals surface area contributed by atoms with Crippen molar-refractivity contribution in [3.63, 3.8) is 0 Å². The highest BCUT2D eigenvalue weighted by molar-refractivity contribution is 5.68. The standard InChI is InChI=1S/C19H34O2/c1-2-3-4-5-6-7-8-9-10-11-12-13-14-15-16-17-18-19(20)21/h14-17H,2-13,18H2,1H3,(H,20,21). The second kappa shape index (κ2) is 17.0. The van der Waals surface area contributed by atoms with E-state index < -0.39 is 5.97 Å². The van der Waals surface area contributed by atoms with Crippen LogP contribution >= 0.6 is 0 Å². The fraction of sp³-hybridized carbons (Fsp3) is 0.737. The summed E-state index contributed by atoms with van der Waals surface area (Å²) in [6.07, 6.45) is 23.9. The Labute approximate surface area is 131 Å². The van der Waals surface area contributed by atoms with E-state index in [0.717, 1.165) is 6.42 Å². The smallest absolute Gasteiger partial charge is 0.307 e. The fourth-order valence-electron chi connectivity index (χ4n) is 2.35. The topological polar surface area (TPSA) is 37.3 Å². The SMILES string of the molecule is CCCCCCCCCCCCCC=CC=CCC(=O)O. The molecular weight excluding hydrogens is 260 g/mol. The van der Waals surface area contributed by atoms with Gasteiger partial charge in [-0.15, -0.1) is 0 Å². The Kier molecular flexibility index (Phi) is 16.2. The Bertz CT molecular complexity index is 279. The lowest BCUT2D eigenvalue weighted by atomic mass is 10.1. The second-order valence-electron chi connectivity index (χ2n) is 5.78. The summed E-state index contributed by atoms with van der Waals surface area (Å²) < 4.78 is 0. The number of aliphatic carboxylic acids is 1. The Balaban J connectivity index is 3.13. The molecule has 122 valence electrons. The first-order valence-electron chi connectivity index (χ1n) is 8.80. The van der Waals surface area contributed by atoms with Gasteiger partial charge in [0.2, 0.25) is 0 Å². The molecule has 0 aliphatic heterocycles. The Morgan fingerprint density at radius 3 is 1.76 bits per heavy atom. The van der Waals surface area contributed by atoms with Crippen LogP contribution in [0.3, 0.4) is 0 Å². The van der Waals surface area contributed by atoms with Gasteiger partial charge in [-0.1, -0.05) is 95.4 Å². The van der Waals surface area contributed by atoms with E-state index in [1.165, 1.54) is 70.6 Å². The van der Waals surface area contributed by atoms with Gasteiger partial charge in [0, 0.05) is 0 Å². The predicted octanol–water partition coefficient (Wildman–Crippen LogP) is 6.27. The minimum atomic E-state index is -0.773. The minimum absolute atomic E-state index is 0.114. The average molecular weight is 294 g/mol. The first-order chi connectivity index (χ1) is 10.3. The molecule has 0 amide bonds. The van der Waals surface area contributed by atoms with Gasteiger partial charge in [0.15, 0.2) is 0 Å². The molecule has 0 radical (unpaired) electrons. The van der Waals surface area contributed by atoms with Crippen LogP contribution < -0.4 is 0 Å². The molecule has 0 spiro atoms. The van der Waals surface area contributed by atoms with Gasteiger partial charge >= 0.3 is 5.97 Å². The van der Waals surface area contributed by atoms with E-state index in [-0.39, 0.29) is 6.42 Å². The molecule has 0 aromatic heterocycles. The van der Waals surface area contributed by atoms with Crippen LogP contribution in [0.2, 0.25) is 0 Å². The molecule has 21 heavy (non-hydrogen) atoms. The summed E-state index contributed by atoms with van der Waals surface area (Å²) in [6.45, 7) is 2.27. The van der Waals surface area contributed by atoms with E-state index in [1.807, 2.05) is 12.2 Å². The van der Waals surface area contributed by atoms with Crippen molar-refractivity contribution in [1.29, 1.82) is 0 Å². The lowest BCUT2D eigenvalue weighted by Crippen LogP contribution is -1.89. The molecule has 0 saturated heterocycles. The van der Waals surface area contributed by atoms with Crippen molar-refractivity contribution in [3.05, 3.63) is 24.3 Å². The summed E-state index contributed by atoms with van der Waals surface area (Å²) in [6, 6.07) is 0. The molecular formula is C19H34O2. The van der Waals surface area contributed by atoms with Crippen LogP contribution in [-0.2, 0) is 4.79 Å².